The van der Waals surface area contributed by atoms with Crippen LogP contribution in [-0.4, -0.2) is 57.5 Å². The maximum atomic E-state index is 12.8. The fraction of sp³-hybridized carbons (Fsp3) is 0.333. The molecule has 0 aliphatic rings. The summed E-state index contributed by atoms with van der Waals surface area (Å²) in [6, 6.07) is 10.7. The molecule has 0 unspecified atom stereocenters. The molecule has 0 radical (unpaired) electrons. The van der Waals surface area contributed by atoms with Gasteiger partial charge in [0.05, 0.1) is 25.0 Å². The number of halogens is 4. The van der Waals surface area contributed by atoms with Crippen LogP contribution in [0, 0.1) is 0 Å². The molecule has 0 saturated heterocycles. The second-order valence-electron chi connectivity index (χ2n) is 6.89. The number of benzene rings is 1. The number of aromatic amines is 1. The Labute approximate surface area is 207 Å². The fourth-order valence-corrected chi connectivity index (χ4v) is 2.91. The van der Waals surface area contributed by atoms with Crippen molar-refractivity contribution < 1.29 is 13.2 Å². The number of hydrogen-bond acceptors (Lipinski definition) is 5. The van der Waals surface area contributed by atoms with E-state index in [1.54, 1.807) is 6.20 Å². The predicted octanol–water partition coefficient (Wildman–Crippen LogP) is 4.01. The van der Waals surface area contributed by atoms with Gasteiger partial charge in [0, 0.05) is 26.3 Å². The summed E-state index contributed by atoms with van der Waals surface area (Å²) in [5.41, 5.74) is 0.999. The normalized spacial score (nSPS) is 11.6. The molecule has 0 amide bonds. The molecule has 8 nitrogen and oxygen atoms in total. The number of rotatable bonds is 8. The molecule has 33 heavy (non-hydrogen) atoms. The van der Waals surface area contributed by atoms with E-state index in [-0.39, 0.29) is 36.5 Å². The van der Waals surface area contributed by atoms with Crippen LogP contribution in [-0.2, 0) is 12.7 Å². The van der Waals surface area contributed by atoms with E-state index < -0.39 is 11.9 Å². The van der Waals surface area contributed by atoms with Gasteiger partial charge in [-0.1, -0.05) is 30.3 Å². The fourth-order valence-electron chi connectivity index (χ4n) is 2.91. The Morgan fingerprint density at radius 2 is 1.91 bits per heavy atom. The molecule has 3 N–H and O–H groups in total. The first-order valence-corrected chi connectivity index (χ1v) is 10.1. The molecule has 0 aliphatic carbocycles. The van der Waals surface area contributed by atoms with Crippen molar-refractivity contribution in [1.82, 2.24) is 30.2 Å². The molecule has 1 aromatic carbocycles. The molecule has 12 heteroatoms. The Balaban J connectivity index is 0.00000385. The molecule has 0 fully saturated rings. The molecular formula is C21H26F3IN8. The Morgan fingerprint density at radius 1 is 1.15 bits per heavy atom. The number of nitrogens with zero attached hydrogens (tertiary/aromatic N) is 5. The van der Waals surface area contributed by atoms with E-state index in [4.69, 9.17) is 0 Å². The first-order valence-electron chi connectivity index (χ1n) is 10.1. The van der Waals surface area contributed by atoms with E-state index in [1.807, 2.05) is 49.2 Å². The first kappa shape index (κ1) is 26.4. The summed E-state index contributed by atoms with van der Waals surface area (Å²) >= 11 is 0. The van der Waals surface area contributed by atoms with Crippen LogP contribution in [0.25, 0.3) is 11.3 Å². The summed E-state index contributed by atoms with van der Waals surface area (Å²) < 4.78 is 38.3. The van der Waals surface area contributed by atoms with Gasteiger partial charge >= 0.3 is 6.18 Å². The van der Waals surface area contributed by atoms with Crippen LogP contribution in [0.5, 0.6) is 0 Å². The van der Waals surface area contributed by atoms with Gasteiger partial charge in [-0.15, -0.1) is 24.0 Å². The van der Waals surface area contributed by atoms with E-state index in [0.29, 0.717) is 25.6 Å². The number of guanidine groups is 1. The smallest absolute Gasteiger partial charge is 0.357 e. The van der Waals surface area contributed by atoms with Gasteiger partial charge in [0.1, 0.15) is 11.5 Å². The van der Waals surface area contributed by atoms with Gasteiger partial charge in [-0.25, -0.2) is 15.0 Å². The largest absolute Gasteiger partial charge is 0.433 e. The highest BCUT2D eigenvalue weighted by Gasteiger charge is 2.32. The Hall–Kier alpha value is -2.90. The Kier molecular flexibility index (Phi) is 9.88. The lowest BCUT2D eigenvalue weighted by molar-refractivity contribution is -0.141. The van der Waals surface area contributed by atoms with Crippen molar-refractivity contribution in [3.8, 4) is 11.3 Å². The molecule has 0 aliphatic heterocycles. The number of anilines is 1. The number of H-pyrrole nitrogens is 1. The molecule has 0 bridgehead atoms. The highest BCUT2D eigenvalue weighted by atomic mass is 127. The van der Waals surface area contributed by atoms with Crippen molar-refractivity contribution in [2.45, 2.75) is 19.6 Å². The van der Waals surface area contributed by atoms with Crippen molar-refractivity contribution in [3.63, 3.8) is 0 Å². The summed E-state index contributed by atoms with van der Waals surface area (Å²) in [5.74, 6) is 1.35. The van der Waals surface area contributed by atoms with Gasteiger partial charge < -0.3 is 20.5 Å². The second-order valence-corrected chi connectivity index (χ2v) is 6.89. The van der Waals surface area contributed by atoms with Crippen molar-refractivity contribution in [2.24, 2.45) is 4.99 Å². The molecule has 0 atom stereocenters. The van der Waals surface area contributed by atoms with Gasteiger partial charge in [0.15, 0.2) is 5.96 Å². The van der Waals surface area contributed by atoms with E-state index in [9.17, 15) is 13.2 Å². The van der Waals surface area contributed by atoms with E-state index in [1.165, 1.54) is 0 Å². The Bertz CT molecular complexity index is 1020. The van der Waals surface area contributed by atoms with Crippen LogP contribution in [0.1, 0.15) is 18.4 Å². The predicted molar refractivity (Wildman–Crippen MR) is 132 cm³/mol. The van der Waals surface area contributed by atoms with Crippen LogP contribution in [0.15, 0.2) is 53.8 Å². The van der Waals surface area contributed by atoms with Crippen molar-refractivity contribution in [2.75, 3.05) is 32.0 Å². The van der Waals surface area contributed by atoms with Gasteiger partial charge in [0.25, 0.3) is 0 Å². The first-order chi connectivity index (χ1) is 15.4. The zero-order valence-corrected chi connectivity index (χ0v) is 20.6. The topological polar surface area (TPSA) is 94.1 Å². The van der Waals surface area contributed by atoms with Crippen LogP contribution < -0.4 is 10.6 Å². The lowest BCUT2D eigenvalue weighted by atomic mass is 10.2. The third-order valence-corrected chi connectivity index (χ3v) is 4.40. The lowest BCUT2D eigenvalue weighted by Gasteiger charge is -2.21. The van der Waals surface area contributed by atoms with Gasteiger partial charge in [0.2, 0.25) is 5.95 Å². The van der Waals surface area contributed by atoms with Gasteiger partial charge in [-0.3, -0.25) is 4.99 Å². The summed E-state index contributed by atoms with van der Waals surface area (Å²) in [6.07, 6.45) is -1.64. The minimum Gasteiger partial charge on any atom is -0.357 e. The number of hydrogen-bond donors (Lipinski definition) is 3. The van der Waals surface area contributed by atoms with E-state index in [0.717, 1.165) is 29.3 Å². The molecular weight excluding hydrogens is 548 g/mol. The minimum atomic E-state index is -4.51. The van der Waals surface area contributed by atoms with Crippen LogP contribution in [0.3, 0.4) is 0 Å². The summed E-state index contributed by atoms with van der Waals surface area (Å²) in [5, 5.41) is 5.97. The van der Waals surface area contributed by atoms with Crippen molar-refractivity contribution in [3.05, 3.63) is 60.3 Å². The van der Waals surface area contributed by atoms with Crippen LogP contribution in [0.2, 0.25) is 0 Å². The highest BCUT2D eigenvalue weighted by Crippen LogP contribution is 2.27. The van der Waals surface area contributed by atoms with Crippen LogP contribution >= 0.6 is 24.0 Å². The summed E-state index contributed by atoms with van der Waals surface area (Å²) in [4.78, 5) is 21.5. The number of imidazole rings is 1. The number of nitrogens with one attached hydrogen (secondary N) is 3. The second kappa shape index (κ2) is 12.4. The molecule has 3 rings (SSSR count). The zero-order chi connectivity index (χ0) is 23.0. The van der Waals surface area contributed by atoms with Gasteiger partial charge in [-0.05, 0) is 18.6 Å². The van der Waals surface area contributed by atoms with E-state index in [2.05, 4.69) is 35.6 Å². The van der Waals surface area contributed by atoms with Gasteiger partial charge in [-0.2, -0.15) is 13.2 Å². The monoisotopic (exact) mass is 574 g/mol. The lowest BCUT2D eigenvalue weighted by Crippen LogP contribution is -2.39. The average molecular weight is 574 g/mol. The zero-order valence-electron chi connectivity index (χ0n) is 18.2. The number of alkyl halides is 3. The third kappa shape index (κ3) is 7.87. The summed E-state index contributed by atoms with van der Waals surface area (Å²) in [7, 11) is 1.88. The molecule has 0 spiro atoms. The van der Waals surface area contributed by atoms with E-state index >= 15 is 0 Å². The average Bonchev–Trinajstić information content (AvgIpc) is 3.24. The molecule has 2 heterocycles. The quantitative estimate of drug-likeness (QED) is 0.163. The third-order valence-electron chi connectivity index (χ3n) is 4.40. The molecule has 178 valence electrons. The maximum absolute atomic E-state index is 12.8. The standard InChI is InChI=1S/C21H25F3N8.HI/c1-3-25-20(28-12-11-27-19-26-10-9-17(31-19)21(22,23)24)32(2)14-18-29-13-16(30-18)15-7-5-4-6-8-15;/h4-10,13H,3,11-12,14H2,1-2H3,(H,25,28)(H,29,30)(H,26,27,31);1H. The molecule has 0 saturated carbocycles. The highest BCUT2D eigenvalue weighted by molar-refractivity contribution is 14.0. The number of aromatic nitrogens is 4. The minimum absolute atomic E-state index is 0. The SMILES string of the molecule is CCNC(=NCCNc1nccc(C(F)(F)F)n1)N(C)Cc1ncc(-c2ccccc2)[nH]1.I. The van der Waals surface area contributed by atoms with Crippen LogP contribution in [0.4, 0.5) is 19.1 Å². The molecule has 3 aromatic rings. The summed E-state index contributed by atoms with van der Waals surface area (Å²) in [6.45, 7) is 3.73. The number of aliphatic imine (C=N–C) groups is 1. The maximum Gasteiger partial charge on any atom is 0.433 e. The van der Waals surface area contributed by atoms with Crippen molar-refractivity contribution in [1.29, 1.82) is 0 Å². The van der Waals surface area contributed by atoms with Crippen molar-refractivity contribution >= 4 is 35.9 Å². The Morgan fingerprint density at radius 3 is 2.61 bits per heavy atom. The molecule has 2 aromatic heterocycles.